The van der Waals surface area contributed by atoms with E-state index in [1.54, 1.807) is 6.92 Å². The molecule has 1 unspecified atom stereocenters. The molecule has 1 aliphatic heterocycles. The van der Waals surface area contributed by atoms with Crippen LogP contribution in [0.4, 0.5) is 0 Å². The lowest BCUT2D eigenvalue weighted by atomic mass is 10.2. The van der Waals surface area contributed by atoms with Crippen LogP contribution >= 0.6 is 0 Å². The Morgan fingerprint density at radius 3 is 2.83 bits per heavy atom. The molecule has 0 radical (unpaired) electrons. The Morgan fingerprint density at radius 2 is 2.22 bits per heavy atom. The van der Waals surface area contributed by atoms with Crippen LogP contribution in [0.15, 0.2) is 0 Å². The molecule has 1 fully saturated rings. The average Bonchev–Trinajstić information content (AvgIpc) is 2.37. The summed E-state index contributed by atoms with van der Waals surface area (Å²) in [6.45, 7) is 3.13. The minimum absolute atomic E-state index is 0.113. The van der Waals surface area contributed by atoms with E-state index in [1.165, 1.54) is 11.4 Å². The van der Waals surface area contributed by atoms with Crippen molar-refractivity contribution in [2.24, 2.45) is 0 Å². The molecule has 7 nitrogen and oxygen atoms in total. The number of hydrogen-bond acceptors (Lipinski definition) is 6. The van der Waals surface area contributed by atoms with Gasteiger partial charge in [0.25, 0.3) is 0 Å². The smallest absolute Gasteiger partial charge is 0.325 e. The first-order chi connectivity index (χ1) is 8.53. The first kappa shape index (κ1) is 15.4. The number of carbonyl (C=O) groups excluding carboxylic acids is 1. The molecule has 0 bridgehead atoms. The quantitative estimate of drug-likeness (QED) is 0.615. The number of carbonyl (C=O) groups is 1. The van der Waals surface area contributed by atoms with Gasteiger partial charge in [-0.3, -0.25) is 4.79 Å². The first-order valence-electron chi connectivity index (χ1n) is 5.88. The third-order valence-corrected chi connectivity index (χ3v) is 4.49. The minimum Gasteiger partial charge on any atom is -0.465 e. The van der Waals surface area contributed by atoms with E-state index in [2.05, 4.69) is 5.32 Å². The van der Waals surface area contributed by atoms with Crippen molar-refractivity contribution in [1.29, 1.82) is 0 Å². The summed E-state index contributed by atoms with van der Waals surface area (Å²) in [4.78, 5) is 11.7. The Morgan fingerprint density at radius 1 is 1.50 bits per heavy atom. The van der Waals surface area contributed by atoms with E-state index in [0.29, 0.717) is 6.54 Å². The van der Waals surface area contributed by atoms with Crippen LogP contribution in [0.25, 0.3) is 0 Å². The molecule has 1 rings (SSSR count). The van der Waals surface area contributed by atoms with Crippen LogP contribution in [0.2, 0.25) is 0 Å². The molecule has 1 aliphatic rings. The van der Waals surface area contributed by atoms with Crippen molar-refractivity contribution < 1.29 is 22.7 Å². The van der Waals surface area contributed by atoms with Crippen LogP contribution in [0.3, 0.4) is 0 Å². The maximum Gasteiger partial charge on any atom is 0.325 e. The van der Waals surface area contributed by atoms with Crippen LogP contribution < -0.4 is 5.32 Å². The van der Waals surface area contributed by atoms with Crippen LogP contribution in [-0.2, 0) is 24.3 Å². The molecule has 0 aromatic rings. The Labute approximate surface area is 107 Å². The van der Waals surface area contributed by atoms with Gasteiger partial charge in [-0.2, -0.15) is 4.31 Å². The molecule has 1 heterocycles. The maximum absolute atomic E-state index is 12.1. The van der Waals surface area contributed by atoms with Gasteiger partial charge < -0.3 is 14.8 Å². The minimum atomic E-state index is -3.49. The van der Waals surface area contributed by atoms with Gasteiger partial charge in [0, 0.05) is 26.7 Å². The summed E-state index contributed by atoms with van der Waals surface area (Å²) in [6, 6.07) is -0.777. The molecule has 0 saturated carbocycles. The molecule has 0 aliphatic carbocycles. The molecule has 0 spiro atoms. The maximum atomic E-state index is 12.1. The fourth-order valence-electron chi connectivity index (χ4n) is 1.76. The van der Waals surface area contributed by atoms with Gasteiger partial charge in [0.1, 0.15) is 6.04 Å². The van der Waals surface area contributed by atoms with E-state index in [1.807, 2.05) is 0 Å². The van der Waals surface area contributed by atoms with Gasteiger partial charge in [-0.15, -0.1) is 0 Å². The van der Waals surface area contributed by atoms with Crippen molar-refractivity contribution in [1.82, 2.24) is 9.62 Å². The molecular formula is C10H20N2O5S. The molecule has 1 saturated heterocycles. The average molecular weight is 280 g/mol. The zero-order chi connectivity index (χ0) is 13.6. The second kappa shape index (κ2) is 7.03. The summed E-state index contributed by atoms with van der Waals surface area (Å²) in [5.41, 5.74) is 0. The van der Waals surface area contributed by atoms with Crippen molar-refractivity contribution in [3.8, 4) is 0 Å². The Bertz CT molecular complexity index is 370. The summed E-state index contributed by atoms with van der Waals surface area (Å²) in [6.07, 6.45) is 0. The lowest BCUT2D eigenvalue weighted by molar-refractivity contribution is -0.148. The van der Waals surface area contributed by atoms with Crippen molar-refractivity contribution in [2.75, 3.05) is 45.7 Å². The number of piperazine rings is 1. The van der Waals surface area contributed by atoms with Crippen molar-refractivity contribution in [2.45, 2.75) is 13.0 Å². The number of nitrogens with zero attached hydrogens (tertiary/aromatic N) is 1. The second-order valence-electron chi connectivity index (χ2n) is 3.89. The van der Waals surface area contributed by atoms with Crippen molar-refractivity contribution in [3.05, 3.63) is 0 Å². The predicted molar refractivity (Wildman–Crippen MR) is 65.7 cm³/mol. The fraction of sp³-hybridized carbons (Fsp3) is 0.900. The third kappa shape index (κ3) is 3.91. The van der Waals surface area contributed by atoms with E-state index >= 15 is 0 Å². The highest BCUT2D eigenvalue weighted by atomic mass is 32.2. The summed E-state index contributed by atoms with van der Waals surface area (Å²) in [5, 5.41) is 2.99. The topological polar surface area (TPSA) is 84.9 Å². The highest BCUT2D eigenvalue weighted by molar-refractivity contribution is 7.89. The summed E-state index contributed by atoms with van der Waals surface area (Å²) in [7, 11) is -2.05. The van der Waals surface area contributed by atoms with Gasteiger partial charge in [0.2, 0.25) is 10.0 Å². The molecule has 1 N–H and O–H groups in total. The van der Waals surface area contributed by atoms with Crippen molar-refractivity contribution in [3.63, 3.8) is 0 Å². The fourth-order valence-corrected chi connectivity index (χ4v) is 3.29. The highest BCUT2D eigenvalue weighted by Gasteiger charge is 2.37. The van der Waals surface area contributed by atoms with E-state index in [4.69, 9.17) is 9.47 Å². The predicted octanol–water partition coefficient (Wildman–Crippen LogP) is -1.20. The van der Waals surface area contributed by atoms with Gasteiger partial charge in [-0.05, 0) is 6.92 Å². The lowest BCUT2D eigenvalue weighted by Crippen LogP contribution is -2.57. The number of sulfonamides is 1. The number of rotatable bonds is 6. The molecule has 1 atom stereocenters. The molecule has 0 amide bonds. The zero-order valence-corrected chi connectivity index (χ0v) is 11.5. The second-order valence-corrected chi connectivity index (χ2v) is 5.93. The van der Waals surface area contributed by atoms with E-state index in [-0.39, 0.29) is 32.1 Å². The Hall–Kier alpha value is -0.700. The molecule has 18 heavy (non-hydrogen) atoms. The summed E-state index contributed by atoms with van der Waals surface area (Å²) < 4.78 is 35.0. The number of nitrogens with one attached hydrogen (secondary N) is 1. The van der Waals surface area contributed by atoms with Gasteiger partial charge >= 0.3 is 5.97 Å². The number of esters is 1. The van der Waals surface area contributed by atoms with Gasteiger partial charge in [0.15, 0.2) is 0 Å². The molecule has 106 valence electrons. The third-order valence-electron chi connectivity index (χ3n) is 2.66. The lowest BCUT2D eigenvalue weighted by Gasteiger charge is -2.33. The van der Waals surface area contributed by atoms with Crippen molar-refractivity contribution >= 4 is 16.0 Å². The van der Waals surface area contributed by atoms with Crippen LogP contribution in [0.1, 0.15) is 6.92 Å². The van der Waals surface area contributed by atoms with E-state index in [0.717, 1.165) is 0 Å². The van der Waals surface area contributed by atoms with E-state index < -0.39 is 22.0 Å². The standard InChI is InChI=1S/C10H20N2O5S/c1-3-17-10(13)9-8-11-4-5-12(9)18(14,15)7-6-16-2/h9,11H,3-8H2,1-2H3. The Balaban J connectivity index is 2.78. The van der Waals surface area contributed by atoms with Gasteiger partial charge in [-0.25, -0.2) is 8.42 Å². The zero-order valence-electron chi connectivity index (χ0n) is 10.7. The normalized spacial score (nSPS) is 21.8. The first-order valence-corrected chi connectivity index (χ1v) is 7.49. The number of ether oxygens (including phenoxy) is 2. The van der Waals surface area contributed by atoms with Gasteiger partial charge in [0.05, 0.1) is 19.0 Å². The summed E-state index contributed by atoms with van der Waals surface area (Å²) in [5.74, 6) is -0.634. The summed E-state index contributed by atoms with van der Waals surface area (Å²) >= 11 is 0. The van der Waals surface area contributed by atoms with Crippen LogP contribution in [0.5, 0.6) is 0 Å². The molecule has 0 aromatic carbocycles. The Kier molecular flexibility index (Phi) is 6.00. The van der Waals surface area contributed by atoms with E-state index in [9.17, 15) is 13.2 Å². The van der Waals surface area contributed by atoms with Gasteiger partial charge in [-0.1, -0.05) is 0 Å². The number of methoxy groups -OCH3 is 1. The largest absolute Gasteiger partial charge is 0.465 e. The number of hydrogen-bond donors (Lipinski definition) is 1. The molecule has 8 heteroatoms. The molecule has 0 aromatic heterocycles. The van der Waals surface area contributed by atoms with Crippen LogP contribution in [0, 0.1) is 0 Å². The highest BCUT2D eigenvalue weighted by Crippen LogP contribution is 2.12. The van der Waals surface area contributed by atoms with Crippen LogP contribution in [-0.4, -0.2) is 70.4 Å². The molecular weight excluding hydrogens is 260 g/mol. The monoisotopic (exact) mass is 280 g/mol. The SMILES string of the molecule is CCOC(=O)C1CNCCN1S(=O)(=O)CCOC.